The standard InChI is InChI=1S/C17H10ClF3O5/c18-12-6-8-5-11(16(23)24)15(17(19,20)21)26-13(8)7-14(12)25-10-3-1-9(22)2-4-10/h1-7,15,22H,(H,23,24). The van der Waals surface area contributed by atoms with Crippen LogP contribution in [-0.2, 0) is 4.79 Å². The van der Waals surface area contributed by atoms with Gasteiger partial charge in [0.1, 0.15) is 23.0 Å². The number of carboxylic acids is 1. The van der Waals surface area contributed by atoms with Crippen LogP contribution in [0, 0.1) is 0 Å². The van der Waals surface area contributed by atoms with E-state index in [0.717, 1.165) is 12.1 Å². The first-order valence-electron chi connectivity index (χ1n) is 7.14. The van der Waals surface area contributed by atoms with Gasteiger partial charge in [-0.25, -0.2) is 4.79 Å². The first-order valence-corrected chi connectivity index (χ1v) is 7.51. The van der Waals surface area contributed by atoms with E-state index in [9.17, 15) is 23.1 Å². The number of phenols is 1. The summed E-state index contributed by atoms with van der Waals surface area (Å²) in [6.45, 7) is 0. The largest absolute Gasteiger partial charge is 0.508 e. The van der Waals surface area contributed by atoms with E-state index in [-0.39, 0.29) is 33.6 Å². The van der Waals surface area contributed by atoms with E-state index >= 15 is 0 Å². The Hall–Kier alpha value is -2.87. The number of ether oxygens (including phenoxy) is 2. The molecule has 9 heteroatoms. The molecule has 2 N–H and O–H groups in total. The number of benzene rings is 2. The van der Waals surface area contributed by atoms with Crippen LogP contribution < -0.4 is 9.47 Å². The lowest BCUT2D eigenvalue weighted by molar-refractivity contribution is -0.187. The van der Waals surface area contributed by atoms with Crippen LogP contribution in [0.1, 0.15) is 5.56 Å². The van der Waals surface area contributed by atoms with E-state index in [1.165, 1.54) is 30.3 Å². The summed E-state index contributed by atoms with van der Waals surface area (Å²) in [5.41, 5.74) is -0.848. The van der Waals surface area contributed by atoms with Crippen molar-refractivity contribution in [1.82, 2.24) is 0 Å². The highest BCUT2D eigenvalue weighted by molar-refractivity contribution is 6.32. The first-order chi connectivity index (χ1) is 12.1. The molecule has 1 aliphatic rings. The van der Waals surface area contributed by atoms with E-state index < -0.39 is 23.8 Å². The van der Waals surface area contributed by atoms with Gasteiger partial charge in [-0.2, -0.15) is 13.2 Å². The average Bonchev–Trinajstić information content (AvgIpc) is 2.55. The Bertz CT molecular complexity index is 891. The first kappa shape index (κ1) is 17.9. The van der Waals surface area contributed by atoms with Crippen molar-refractivity contribution in [3.8, 4) is 23.0 Å². The predicted molar refractivity (Wildman–Crippen MR) is 85.7 cm³/mol. The van der Waals surface area contributed by atoms with Crippen LogP contribution in [0.4, 0.5) is 13.2 Å². The van der Waals surface area contributed by atoms with Gasteiger partial charge in [0, 0.05) is 11.6 Å². The zero-order valence-electron chi connectivity index (χ0n) is 12.7. The molecule has 5 nitrogen and oxygen atoms in total. The predicted octanol–water partition coefficient (Wildman–Crippen LogP) is 4.63. The van der Waals surface area contributed by atoms with Gasteiger partial charge in [0.2, 0.25) is 6.10 Å². The van der Waals surface area contributed by atoms with Gasteiger partial charge in [-0.3, -0.25) is 0 Å². The number of halogens is 4. The lowest BCUT2D eigenvalue weighted by atomic mass is 10.0. The van der Waals surface area contributed by atoms with Crippen molar-refractivity contribution >= 4 is 23.6 Å². The van der Waals surface area contributed by atoms with Gasteiger partial charge in [-0.05, 0) is 36.4 Å². The molecule has 0 spiro atoms. The fraction of sp³-hybridized carbons (Fsp3) is 0.118. The fourth-order valence-electron chi connectivity index (χ4n) is 2.34. The summed E-state index contributed by atoms with van der Waals surface area (Å²) in [6.07, 6.45) is -6.63. The third-order valence-electron chi connectivity index (χ3n) is 3.51. The number of alkyl halides is 3. The second-order valence-corrected chi connectivity index (χ2v) is 5.77. The Morgan fingerprint density at radius 1 is 1.19 bits per heavy atom. The highest BCUT2D eigenvalue weighted by Gasteiger charge is 2.48. The van der Waals surface area contributed by atoms with E-state index in [1.54, 1.807) is 0 Å². The summed E-state index contributed by atoms with van der Waals surface area (Å²) in [4.78, 5) is 11.1. The minimum atomic E-state index is -4.90. The molecule has 0 amide bonds. The number of aromatic hydroxyl groups is 1. The number of hydrogen-bond acceptors (Lipinski definition) is 4. The van der Waals surface area contributed by atoms with Crippen molar-refractivity contribution in [1.29, 1.82) is 0 Å². The van der Waals surface area contributed by atoms with Crippen molar-refractivity contribution in [2.45, 2.75) is 12.3 Å². The highest BCUT2D eigenvalue weighted by Crippen LogP contribution is 2.42. The molecule has 1 atom stereocenters. The van der Waals surface area contributed by atoms with Gasteiger partial charge in [0.25, 0.3) is 0 Å². The number of carbonyl (C=O) groups is 1. The minimum Gasteiger partial charge on any atom is -0.508 e. The molecular weight excluding hydrogens is 377 g/mol. The topological polar surface area (TPSA) is 76.0 Å². The normalized spacial score (nSPS) is 16.3. The molecule has 3 rings (SSSR count). The molecule has 136 valence electrons. The van der Waals surface area contributed by atoms with Gasteiger partial charge in [-0.1, -0.05) is 11.6 Å². The molecule has 2 aromatic rings. The molecule has 0 saturated heterocycles. The summed E-state index contributed by atoms with van der Waals surface area (Å²) in [6, 6.07) is 8.00. The van der Waals surface area contributed by atoms with Crippen molar-refractivity contribution < 1.29 is 37.7 Å². The van der Waals surface area contributed by atoms with E-state index in [0.29, 0.717) is 0 Å². The Morgan fingerprint density at radius 3 is 2.42 bits per heavy atom. The van der Waals surface area contributed by atoms with Crippen LogP contribution in [0.25, 0.3) is 6.08 Å². The number of aliphatic carboxylic acids is 1. The zero-order valence-corrected chi connectivity index (χ0v) is 13.5. The third kappa shape index (κ3) is 3.55. The third-order valence-corrected chi connectivity index (χ3v) is 3.81. The van der Waals surface area contributed by atoms with Crippen LogP contribution >= 0.6 is 11.6 Å². The molecule has 26 heavy (non-hydrogen) atoms. The van der Waals surface area contributed by atoms with Crippen molar-refractivity contribution in [3.05, 3.63) is 52.6 Å². The SMILES string of the molecule is O=C(O)C1=Cc2cc(Cl)c(Oc3ccc(O)cc3)cc2OC1C(F)(F)F. The molecule has 2 aromatic carbocycles. The molecule has 1 unspecified atom stereocenters. The minimum absolute atomic E-state index is 0.0107. The quantitative estimate of drug-likeness (QED) is 0.804. The maximum atomic E-state index is 13.1. The maximum absolute atomic E-state index is 13.1. The average molecular weight is 387 g/mol. The number of rotatable bonds is 3. The molecule has 1 aliphatic heterocycles. The number of phenolic OH excluding ortho intramolecular Hbond substituents is 1. The van der Waals surface area contributed by atoms with Crippen LogP contribution in [0.3, 0.4) is 0 Å². The molecule has 0 aromatic heterocycles. The lowest BCUT2D eigenvalue weighted by Crippen LogP contribution is -2.40. The molecular formula is C17H10ClF3O5. The molecule has 0 radical (unpaired) electrons. The Morgan fingerprint density at radius 2 is 1.85 bits per heavy atom. The number of fused-ring (bicyclic) bond motifs is 1. The van der Waals surface area contributed by atoms with Crippen LogP contribution in [0.15, 0.2) is 42.0 Å². The highest BCUT2D eigenvalue weighted by atomic mass is 35.5. The molecule has 1 heterocycles. The smallest absolute Gasteiger partial charge is 0.430 e. The lowest BCUT2D eigenvalue weighted by Gasteiger charge is -2.27. The monoisotopic (exact) mass is 386 g/mol. The summed E-state index contributed by atoms with van der Waals surface area (Å²) in [5.74, 6) is -1.63. The Balaban J connectivity index is 2.00. The van der Waals surface area contributed by atoms with Crippen LogP contribution in [-0.4, -0.2) is 28.5 Å². The molecule has 0 saturated carbocycles. The summed E-state index contributed by atoms with van der Waals surface area (Å²) in [7, 11) is 0. The van der Waals surface area contributed by atoms with Gasteiger partial charge >= 0.3 is 12.1 Å². The Kier molecular flexibility index (Phi) is 4.45. The second kappa shape index (κ2) is 6.45. The van der Waals surface area contributed by atoms with Crippen molar-refractivity contribution in [3.63, 3.8) is 0 Å². The van der Waals surface area contributed by atoms with Gasteiger partial charge in [0.05, 0.1) is 10.6 Å². The zero-order chi connectivity index (χ0) is 19.1. The fourth-order valence-corrected chi connectivity index (χ4v) is 2.55. The van der Waals surface area contributed by atoms with Crippen molar-refractivity contribution in [2.24, 2.45) is 0 Å². The van der Waals surface area contributed by atoms with Crippen molar-refractivity contribution in [2.75, 3.05) is 0 Å². The second-order valence-electron chi connectivity index (χ2n) is 5.36. The molecule has 0 aliphatic carbocycles. The summed E-state index contributed by atoms with van der Waals surface area (Å²) < 4.78 is 49.7. The van der Waals surface area contributed by atoms with Gasteiger partial charge in [-0.15, -0.1) is 0 Å². The van der Waals surface area contributed by atoms with Crippen LogP contribution in [0.5, 0.6) is 23.0 Å². The van der Waals surface area contributed by atoms with Gasteiger partial charge in [0.15, 0.2) is 0 Å². The van der Waals surface area contributed by atoms with E-state index in [1.807, 2.05) is 0 Å². The maximum Gasteiger partial charge on any atom is 0.430 e. The molecule has 0 fully saturated rings. The summed E-state index contributed by atoms with van der Waals surface area (Å²) in [5, 5.41) is 18.3. The molecule has 0 bridgehead atoms. The van der Waals surface area contributed by atoms with Gasteiger partial charge < -0.3 is 19.7 Å². The summed E-state index contributed by atoms with van der Waals surface area (Å²) >= 11 is 6.07. The van der Waals surface area contributed by atoms with E-state index in [2.05, 4.69) is 0 Å². The number of hydrogen-bond donors (Lipinski definition) is 2. The van der Waals surface area contributed by atoms with E-state index in [4.69, 9.17) is 26.2 Å². The Labute approximate surface area is 149 Å². The van der Waals surface area contributed by atoms with Crippen LogP contribution in [0.2, 0.25) is 5.02 Å². The number of carboxylic acid groups (broad SMARTS) is 1.